The summed E-state index contributed by atoms with van der Waals surface area (Å²) in [5.74, 6) is 0.327. The number of halogens is 2. The first-order chi connectivity index (χ1) is 9.10. The van der Waals surface area contributed by atoms with Gasteiger partial charge in [-0.15, -0.1) is 12.4 Å². The molecule has 0 saturated carbocycles. The molecule has 0 saturated heterocycles. The van der Waals surface area contributed by atoms with E-state index in [1.54, 1.807) is 42.5 Å². The van der Waals surface area contributed by atoms with E-state index in [4.69, 9.17) is 22.1 Å². The van der Waals surface area contributed by atoms with Gasteiger partial charge in [-0.25, -0.2) is 0 Å². The highest BCUT2D eigenvalue weighted by atomic mass is 35.5. The molecule has 0 atom stereocenters. The molecule has 1 amide bonds. The Kier molecular flexibility index (Phi) is 5.67. The average Bonchev–Trinajstić information content (AvgIpc) is 2.39. The molecule has 0 heterocycles. The SMILES string of the molecule is COc1ccc(NC(=O)c2cccc(Cl)c2)cc1N.Cl. The summed E-state index contributed by atoms with van der Waals surface area (Å²) in [7, 11) is 1.54. The molecule has 2 aromatic rings. The number of nitrogens with two attached hydrogens (primary N) is 1. The number of rotatable bonds is 3. The van der Waals surface area contributed by atoms with Crippen molar-refractivity contribution >= 4 is 41.3 Å². The van der Waals surface area contributed by atoms with Crippen LogP contribution in [0.4, 0.5) is 11.4 Å². The molecule has 20 heavy (non-hydrogen) atoms. The van der Waals surface area contributed by atoms with Crippen molar-refractivity contribution in [2.45, 2.75) is 0 Å². The average molecular weight is 313 g/mol. The van der Waals surface area contributed by atoms with Crippen molar-refractivity contribution < 1.29 is 9.53 Å². The molecule has 6 heteroatoms. The summed E-state index contributed by atoms with van der Waals surface area (Å²) in [6.07, 6.45) is 0. The van der Waals surface area contributed by atoms with E-state index in [9.17, 15) is 4.79 Å². The Balaban J connectivity index is 0.00000200. The Bertz CT molecular complexity index is 618. The minimum Gasteiger partial charge on any atom is -0.495 e. The zero-order valence-electron chi connectivity index (χ0n) is 10.7. The molecular formula is C14H14Cl2N2O2. The van der Waals surface area contributed by atoms with Crippen molar-refractivity contribution in [1.82, 2.24) is 0 Å². The fraction of sp³-hybridized carbons (Fsp3) is 0.0714. The Morgan fingerprint density at radius 2 is 2.00 bits per heavy atom. The Morgan fingerprint density at radius 3 is 2.60 bits per heavy atom. The summed E-state index contributed by atoms with van der Waals surface area (Å²) in [5, 5.41) is 3.26. The second-order valence-electron chi connectivity index (χ2n) is 3.92. The second kappa shape index (κ2) is 7.03. The maximum atomic E-state index is 12.0. The van der Waals surface area contributed by atoms with E-state index in [1.165, 1.54) is 7.11 Å². The maximum Gasteiger partial charge on any atom is 0.255 e. The number of anilines is 2. The zero-order valence-corrected chi connectivity index (χ0v) is 12.3. The van der Waals surface area contributed by atoms with Crippen LogP contribution in [-0.4, -0.2) is 13.0 Å². The highest BCUT2D eigenvalue weighted by molar-refractivity contribution is 6.31. The Hall–Kier alpha value is -1.91. The molecule has 0 spiro atoms. The summed E-state index contributed by atoms with van der Waals surface area (Å²) in [5.41, 5.74) is 7.33. The van der Waals surface area contributed by atoms with Crippen LogP contribution in [0.2, 0.25) is 5.02 Å². The van der Waals surface area contributed by atoms with Crippen LogP contribution in [0.15, 0.2) is 42.5 Å². The zero-order chi connectivity index (χ0) is 13.8. The summed E-state index contributed by atoms with van der Waals surface area (Å²) in [6.45, 7) is 0. The molecule has 106 valence electrons. The number of carbonyl (C=O) groups is 1. The molecule has 0 aromatic heterocycles. The normalized spacial score (nSPS) is 9.50. The first-order valence-electron chi connectivity index (χ1n) is 5.60. The van der Waals surface area contributed by atoms with Crippen LogP contribution in [0.25, 0.3) is 0 Å². The van der Waals surface area contributed by atoms with E-state index in [0.29, 0.717) is 27.7 Å². The third-order valence-corrected chi connectivity index (χ3v) is 2.81. The number of nitrogen functional groups attached to an aromatic ring is 1. The third-order valence-electron chi connectivity index (χ3n) is 2.57. The van der Waals surface area contributed by atoms with Gasteiger partial charge in [-0.1, -0.05) is 17.7 Å². The lowest BCUT2D eigenvalue weighted by Gasteiger charge is -2.09. The molecule has 0 radical (unpaired) electrons. The summed E-state index contributed by atoms with van der Waals surface area (Å²) >= 11 is 5.84. The van der Waals surface area contributed by atoms with Gasteiger partial charge in [0.05, 0.1) is 12.8 Å². The van der Waals surface area contributed by atoms with Crippen LogP contribution < -0.4 is 15.8 Å². The predicted molar refractivity (Wildman–Crippen MR) is 84.1 cm³/mol. The van der Waals surface area contributed by atoms with Crippen molar-refractivity contribution in [3.8, 4) is 5.75 Å². The predicted octanol–water partition coefficient (Wildman–Crippen LogP) is 3.60. The van der Waals surface area contributed by atoms with Crippen molar-refractivity contribution in [1.29, 1.82) is 0 Å². The van der Waals surface area contributed by atoms with E-state index in [1.807, 2.05) is 0 Å². The number of nitrogens with one attached hydrogen (secondary N) is 1. The van der Waals surface area contributed by atoms with Crippen LogP contribution in [0.5, 0.6) is 5.75 Å². The monoisotopic (exact) mass is 312 g/mol. The van der Waals surface area contributed by atoms with Gasteiger partial charge >= 0.3 is 0 Å². The van der Waals surface area contributed by atoms with Gasteiger partial charge in [0.1, 0.15) is 5.75 Å². The molecule has 0 fully saturated rings. The van der Waals surface area contributed by atoms with E-state index < -0.39 is 0 Å². The fourth-order valence-electron chi connectivity index (χ4n) is 1.65. The minimum absolute atomic E-state index is 0. The summed E-state index contributed by atoms with van der Waals surface area (Å²) in [4.78, 5) is 12.0. The summed E-state index contributed by atoms with van der Waals surface area (Å²) in [6, 6.07) is 11.8. The molecular weight excluding hydrogens is 299 g/mol. The number of ether oxygens (including phenoxy) is 1. The van der Waals surface area contributed by atoms with Crippen LogP contribution in [0.1, 0.15) is 10.4 Å². The molecule has 4 nitrogen and oxygen atoms in total. The molecule has 2 rings (SSSR count). The lowest BCUT2D eigenvalue weighted by atomic mass is 10.2. The van der Waals surface area contributed by atoms with Gasteiger partial charge in [-0.3, -0.25) is 4.79 Å². The quantitative estimate of drug-likeness (QED) is 0.851. The molecule has 0 aliphatic carbocycles. The lowest BCUT2D eigenvalue weighted by Crippen LogP contribution is -2.12. The molecule has 0 aliphatic heterocycles. The van der Waals surface area contributed by atoms with Gasteiger partial charge in [0.15, 0.2) is 0 Å². The molecule has 0 unspecified atom stereocenters. The molecule has 2 aromatic carbocycles. The topological polar surface area (TPSA) is 64.3 Å². The van der Waals surface area contributed by atoms with E-state index >= 15 is 0 Å². The van der Waals surface area contributed by atoms with Crippen molar-refractivity contribution in [3.63, 3.8) is 0 Å². The van der Waals surface area contributed by atoms with E-state index in [-0.39, 0.29) is 18.3 Å². The van der Waals surface area contributed by atoms with Gasteiger partial charge in [0, 0.05) is 16.3 Å². The van der Waals surface area contributed by atoms with Gasteiger partial charge in [0.2, 0.25) is 0 Å². The molecule has 0 aliphatic rings. The number of amides is 1. The molecule has 0 bridgehead atoms. The number of carbonyl (C=O) groups excluding carboxylic acids is 1. The van der Waals surface area contributed by atoms with Gasteiger partial charge in [-0.2, -0.15) is 0 Å². The van der Waals surface area contributed by atoms with Crippen LogP contribution >= 0.6 is 24.0 Å². The largest absolute Gasteiger partial charge is 0.495 e. The summed E-state index contributed by atoms with van der Waals surface area (Å²) < 4.78 is 5.05. The Labute approximate surface area is 128 Å². The van der Waals surface area contributed by atoms with Gasteiger partial charge < -0.3 is 15.8 Å². The number of benzene rings is 2. The smallest absolute Gasteiger partial charge is 0.255 e. The lowest BCUT2D eigenvalue weighted by molar-refractivity contribution is 0.102. The number of methoxy groups -OCH3 is 1. The third kappa shape index (κ3) is 3.79. The molecule has 3 N–H and O–H groups in total. The minimum atomic E-state index is -0.243. The number of hydrogen-bond acceptors (Lipinski definition) is 3. The fourth-order valence-corrected chi connectivity index (χ4v) is 1.84. The first-order valence-corrected chi connectivity index (χ1v) is 5.98. The highest BCUT2D eigenvalue weighted by Crippen LogP contribution is 2.25. The van der Waals surface area contributed by atoms with Crippen molar-refractivity contribution in [2.24, 2.45) is 0 Å². The van der Waals surface area contributed by atoms with Gasteiger partial charge in [-0.05, 0) is 36.4 Å². The van der Waals surface area contributed by atoms with Gasteiger partial charge in [0.25, 0.3) is 5.91 Å². The highest BCUT2D eigenvalue weighted by Gasteiger charge is 2.07. The standard InChI is InChI=1S/C14H13ClN2O2.ClH/c1-19-13-6-5-11(8-12(13)16)17-14(18)9-3-2-4-10(15)7-9;/h2-8H,16H2,1H3,(H,17,18);1H. The van der Waals surface area contributed by atoms with Crippen LogP contribution in [0.3, 0.4) is 0 Å². The Morgan fingerprint density at radius 1 is 1.25 bits per heavy atom. The van der Waals surface area contributed by atoms with Crippen LogP contribution in [0, 0.1) is 0 Å². The van der Waals surface area contributed by atoms with Crippen LogP contribution in [-0.2, 0) is 0 Å². The first kappa shape index (κ1) is 16.1. The van der Waals surface area contributed by atoms with Crippen molar-refractivity contribution in [2.75, 3.05) is 18.2 Å². The van der Waals surface area contributed by atoms with Crippen molar-refractivity contribution in [3.05, 3.63) is 53.1 Å². The van der Waals surface area contributed by atoms with E-state index in [2.05, 4.69) is 5.32 Å². The maximum absolute atomic E-state index is 12.0. The number of hydrogen-bond donors (Lipinski definition) is 2. The van der Waals surface area contributed by atoms with E-state index in [0.717, 1.165) is 0 Å². The second-order valence-corrected chi connectivity index (χ2v) is 4.36.